The summed E-state index contributed by atoms with van der Waals surface area (Å²) < 4.78 is 38.0. The van der Waals surface area contributed by atoms with Gasteiger partial charge in [0.25, 0.3) is 0 Å². The lowest BCUT2D eigenvalue weighted by Crippen LogP contribution is -2.15. The first-order valence-corrected chi connectivity index (χ1v) is 5.60. The lowest BCUT2D eigenvalue weighted by atomic mass is 9.88. The van der Waals surface area contributed by atoms with Crippen LogP contribution in [0.25, 0.3) is 0 Å². The molecule has 0 bridgehead atoms. The van der Waals surface area contributed by atoms with E-state index >= 15 is 0 Å². The molecule has 0 atom stereocenters. The maximum atomic E-state index is 12.7. The summed E-state index contributed by atoms with van der Waals surface area (Å²) in [6.45, 7) is 0. The van der Waals surface area contributed by atoms with Gasteiger partial charge in [0, 0.05) is 24.3 Å². The Bertz CT molecular complexity index is 435. The standard InChI is InChI=1S/C15H12F3/c16-15(17,18)11-14(12-7-3-1-4-8-12)13-9-5-2-6-10-13/h1-10H,11H2/q+1. The molecule has 0 aliphatic carbocycles. The van der Waals surface area contributed by atoms with Gasteiger partial charge in [-0.25, -0.2) is 0 Å². The monoisotopic (exact) mass is 249 g/mol. The summed E-state index contributed by atoms with van der Waals surface area (Å²) in [4.78, 5) is 0. The Hall–Kier alpha value is -1.90. The molecule has 3 heteroatoms. The quantitative estimate of drug-likeness (QED) is 0.697. The summed E-state index contributed by atoms with van der Waals surface area (Å²) >= 11 is 0. The average Bonchev–Trinajstić information content (AvgIpc) is 2.37. The van der Waals surface area contributed by atoms with Gasteiger partial charge < -0.3 is 0 Å². The molecule has 2 aromatic rings. The first-order valence-electron chi connectivity index (χ1n) is 5.60. The van der Waals surface area contributed by atoms with Crippen LogP contribution in [0.4, 0.5) is 13.2 Å². The Balaban J connectivity index is 2.36. The van der Waals surface area contributed by atoms with Gasteiger partial charge in [-0.05, 0) is 36.4 Å². The number of benzene rings is 2. The highest BCUT2D eigenvalue weighted by atomic mass is 19.4. The molecular formula is C15H12F3+. The molecule has 18 heavy (non-hydrogen) atoms. The smallest absolute Gasteiger partial charge is 0.170 e. The van der Waals surface area contributed by atoms with Crippen LogP contribution in [0.2, 0.25) is 0 Å². The van der Waals surface area contributed by atoms with Gasteiger partial charge in [0.15, 0.2) is 0 Å². The molecule has 0 saturated heterocycles. The van der Waals surface area contributed by atoms with Crippen LogP contribution in [0.3, 0.4) is 0 Å². The zero-order chi connectivity index (χ0) is 13.0. The Kier molecular flexibility index (Phi) is 3.60. The molecule has 0 heterocycles. The van der Waals surface area contributed by atoms with Gasteiger partial charge in [-0.3, -0.25) is 0 Å². The number of hydrogen-bond acceptors (Lipinski definition) is 0. The van der Waals surface area contributed by atoms with Gasteiger partial charge in [0.05, 0.1) is 23.5 Å². The summed E-state index contributed by atoms with van der Waals surface area (Å²) in [5.74, 6) is 0.309. The summed E-state index contributed by atoms with van der Waals surface area (Å²) in [6.07, 6.45) is -5.12. The van der Waals surface area contributed by atoms with Crippen LogP contribution in [0.15, 0.2) is 60.7 Å². The maximum Gasteiger partial charge on any atom is 0.399 e. The van der Waals surface area contributed by atoms with Crippen molar-refractivity contribution in [2.24, 2.45) is 0 Å². The minimum absolute atomic E-state index is 0.309. The lowest BCUT2D eigenvalue weighted by molar-refractivity contribution is -0.129. The van der Waals surface area contributed by atoms with Crippen LogP contribution < -0.4 is 0 Å². The third-order valence-electron chi connectivity index (χ3n) is 2.62. The van der Waals surface area contributed by atoms with Gasteiger partial charge in [0.1, 0.15) is 0 Å². The molecule has 0 aliphatic rings. The van der Waals surface area contributed by atoms with Crippen LogP contribution >= 0.6 is 0 Å². The van der Waals surface area contributed by atoms with Crippen LogP contribution in [-0.4, -0.2) is 6.18 Å². The van der Waals surface area contributed by atoms with Crippen LogP contribution in [0.5, 0.6) is 0 Å². The van der Waals surface area contributed by atoms with Crippen LogP contribution in [-0.2, 0) is 0 Å². The predicted octanol–water partition coefficient (Wildman–Crippen LogP) is 4.61. The van der Waals surface area contributed by atoms with E-state index in [0.29, 0.717) is 17.0 Å². The number of hydrogen-bond donors (Lipinski definition) is 0. The molecule has 2 rings (SSSR count). The number of halogens is 3. The van der Waals surface area contributed by atoms with E-state index < -0.39 is 12.6 Å². The van der Waals surface area contributed by atoms with Gasteiger partial charge in [0.2, 0.25) is 0 Å². The van der Waals surface area contributed by atoms with E-state index in [1.165, 1.54) is 0 Å². The second kappa shape index (κ2) is 5.17. The molecule has 0 saturated carbocycles. The largest absolute Gasteiger partial charge is 0.399 e. The molecule has 0 aromatic heterocycles. The first-order chi connectivity index (χ1) is 8.56. The van der Waals surface area contributed by atoms with Gasteiger partial charge >= 0.3 is 6.18 Å². The van der Waals surface area contributed by atoms with Crippen LogP contribution in [0, 0.1) is 5.92 Å². The van der Waals surface area contributed by atoms with E-state index in [1.807, 2.05) is 0 Å². The van der Waals surface area contributed by atoms with E-state index in [9.17, 15) is 13.2 Å². The van der Waals surface area contributed by atoms with Crippen molar-refractivity contribution in [1.29, 1.82) is 0 Å². The van der Waals surface area contributed by atoms with Crippen molar-refractivity contribution in [3.63, 3.8) is 0 Å². The zero-order valence-electron chi connectivity index (χ0n) is 9.61. The highest BCUT2D eigenvalue weighted by Gasteiger charge is 2.36. The fraction of sp³-hybridized carbons (Fsp3) is 0.133. The molecular weight excluding hydrogens is 237 g/mol. The predicted molar refractivity (Wildman–Crippen MR) is 65.0 cm³/mol. The van der Waals surface area contributed by atoms with Crippen LogP contribution in [0.1, 0.15) is 17.5 Å². The topological polar surface area (TPSA) is 0 Å². The Morgan fingerprint density at radius 1 is 0.722 bits per heavy atom. The second-order valence-corrected chi connectivity index (χ2v) is 4.00. The molecule has 0 aliphatic heterocycles. The fourth-order valence-electron chi connectivity index (χ4n) is 1.85. The third-order valence-corrected chi connectivity index (χ3v) is 2.62. The van der Waals surface area contributed by atoms with Gasteiger partial charge in [-0.1, -0.05) is 0 Å². The van der Waals surface area contributed by atoms with Crippen molar-refractivity contribution >= 4 is 0 Å². The normalized spacial score (nSPS) is 11.3. The van der Waals surface area contributed by atoms with E-state index in [4.69, 9.17) is 0 Å². The molecule has 0 unspecified atom stereocenters. The molecule has 0 amide bonds. The summed E-state index contributed by atoms with van der Waals surface area (Å²) in [5, 5.41) is 0. The van der Waals surface area contributed by atoms with Crippen molar-refractivity contribution in [1.82, 2.24) is 0 Å². The van der Waals surface area contributed by atoms with Gasteiger partial charge in [-0.15, -0.1) is 0 Å². The van der Waals surface area contributed by atoms with E-state index in [1.54, 1.807) is 60.7 Å². The van der Waals surface area contributed by atoms with E-state index in [0.717, 1.165) is 0 Å². The molecule has 0 N–H and O–H groups in total. The Morgan fingerprint density at radius 2 is 1.11 bits per heavy atom. The molecule has 0 nitrogen and oxygen atoms in total. The molecule has 0 spiro atoms. The lowest BCUT2D eigenvalue weighted by Gasteiger charge is -2.14. The Morgan fingerprint density at radius 3 is 1.44 bits per heavy atom. The SMILES string of the molecule is FC(F)(F)C[C+](c1ccccc1)c1ccccc1. The fourth-order valence-corrected chi connectivity index (χ4v) is 1.85. The summed E-state index contributed by atoms with van der Waals surface area (Å²) in [7, 11) is 0. The van der Waals surface area contributed by atoms with Crippen molar-refractivity contribution in [2.45, 2.75) is 12.6 Å². The maximum absolute atomic E-state index is 12.7. The van der Waals surface area contributed by atoms with Crippen molar-refractivity contribution < 1.29 is 13.2 Å². The van der Waals surface area contributed by atoms with Gasteiger partial charge in [-0.2, -0.15) is 13.2 Å². The second-order valence-electron chi connectivity index (χ2n) is 4.00. The Labute approximate surface area is 104 Å². The minimum Gasteiger partial charge on any atom is -0.170 e. The summed E-state index contributed by atoms with van der Waals surface area (Å²) in [5.41, 5.74) is 1.22. The molecule has 0 radical (unpaired) electrons. The summed E-state index contributed by atoms with van der Waals surface area (Å²) in [6, 6.07) is 17.4. The molecule has 2 aromatic carbocycles. The van der Waals surface area contributed by atoms with E-state index in [2.05, 4.69) is 0 Å². The highest BCUT2D eigenvalue weighted by molar-refractivity contribution is 5.45. The third kappa shape index (κ3) is 3.29. The highest BCUT2D eigenvalue weighted by Crippen LogP contribution is 2.34. The zero-order valence-corrected chi connectivity index (χ0v) is 9.61. The first kappa shape index (κ1) is 12.6. The molecule has 92 valence electrons. The van der Waals surface area contributed by atoms with Crippen molar-refractivity contribution in [2.75, 3.05) is 0 Å². The molecule has 0 fully saturated rings. The van der Waals surface area contributed by atoms with Crippen molar-refractivity contribution in [3.8, 4) is 0 Å². The van der Waals surface area contributed by atoms with Crippen molar-refractivity contribution in [3.05, 3.63) is 77.7 Å². The average molecular weight is 249 g/mol. The minimum atomic E-state index is -4.21. The number of alkyl halides is 3. The van der Waals surface area contributed by atoms with E-state index in [-0.39, 0.29) is 0 Å². The number of rotatable bonds is 3.